The van der Waals surface area contributed by atoms with Crippen LogP contribution >= 0.6 is 0 Å². The third kappa shape index (κ3) is 4.54. The van der Waals surface area contributed by atoms with Crippen LogP contribution in [0, 0.1) is 17.1 Å². The fourth-order valence-electron chi connectivity index (χ4n) is 4.11. The first-order valence-corrected chi connectivity index (χ1v) is 10.9. The van der Waals surface area contributed by atoms with Crippen LogP contribution in [0.2, 0.25) is 0 Å². The van der Waals surface area contributed by atoms with E-state index in [1.807, 2.05) is 20.8 Å². The molecule has 172 valence electrons. The van der Waals surface area contributed by atoms with Crippen molar-refractivity contribution in [1.82, 2.24) is 9.88 Å². The van der Waals surface area contributed by atoms with Gasteiger partial charge in [-0.1, -0.05) is 0 Å². The Balaban J connectivity index is 1.78. The summed E-state index contributed by atoms with van der Waals surface area (Å²) >= 11 is 0. The molecule has 0 spiro atoms. The lowest BCUT2D eigenvalue weighted by atomic mass is 9.89. The molecule has 1 amide bonds. The molecule has 1 aromatic heterocycles. The fraction of sp³-hybridized carbons (Fsp3) is 0.440. The molecule has 0 radical (unpaired) electrons. The van der Waals surface area contributed by atoms with E-state index in [0.29, 0.717) is 25.1 Å². The molecule has 0 bridgehead atoms. The van der Waals surface area contributed by atoms with Gasteiger partial charge in [0.15, 0.2) is 0 Å². The van der Waals surface area contributed by atoms with Gasteiger partial charge in [-0.25, -0.2) is 14.0 Å². The maximum atomic E-state index is 15.0. The number of nitriles is 1. The number of ether oxygens (including phenoxy) is 2. The fourth-order valence-corrected chi connectivity index (χ4v) is 4.11. The van der Waals surface area contributed by atoms with Gasteiger partial charge < -0.3 is 14.4 Å². The van der Waals surface area contributed by atoms with Crippen LogP contribution < -0.4 is 0 Å². The van der Waals surface area contributed by atoms with Gasteiger partial charge in [-0.2, -0.15) is 5.26 Å². The predicted molar refractivity (Wildman–Crippen MR) is 118 cm³/mol. The number of fused-ring (bicyclic) bond motifs is 1. The summed E-state index contributed by atoms with van der Waals surface area (Å²) in [5.41, 5.74) is 2.71. The van der Waals surface area contributed by atoms with Gasteiger partial charge in [0.05, 0.1) is 30.5 Å². The molecule has 1 fully saturated rings. The number of benzene rings is 1. The molecule has 1 saturated carbocycles. The standard InChI is InChI=1S/C25H26FN3O4/c1-25(2,3)33-24(31)29-10-9-16-18(12-27)22(28-21(14-5-6-14)19(16)13-29)17-8-7-15(11-20(17)26)23(30)32-4/h7-8,11,14H,5-6,9-10,13H2,1-4H3. The summed E-state index contributed by atoms with van der Waals surface area (Å²) < 4.78 is 25.2. The van der Waals surface area contributed by atoms with Crippen molar-refractivity contribution in [2.75, 3.05) is 13.7 Å². The van der Waals surface area contributed by atoms with Crippen LogP contribution in [-0.2, 0) is 22.4 Å². The van der Waals surface area contributed by atoms with Gasteiger partial charge in [0, 0.05) is 23.7 Å². The maximum Gasteiger partial charge on any atom is 0.410 e. The van der Waals surface area contributed by atoms with Crippen molar-refractivity contribution in [3.05, 3.63) is 52.0 Å². The van der Waals surface area contributed by atoms with E-state index in [4.69, 9.17) is 9.72 Å². The van der Waals surface area contributed by atoms with E-state index in [1.165, 1.54) is 19.2 Å². The summed E-state index contributed by atoms with van der Waals surface area (Å²) in [7, 11) is 1.23. The van der Waals surface area contributed by atoms with Crippen molar-refractivity contribution < 1.29 is 23.5 Å². The van der Waals surface area contributed by atoms with E-state index in [1.54, 1.807) is 4.90 Å². The molecule has 2 aromatic rings. The monoisotopic (exact) mass is 451 g/mol. The highest BCUT2D eigenvalue weighted by atomic mass is 19.1. The highest BCUT2D eigenvalue weighted by Gasteiger charge is 2.36. The summed E-state index contributed by atoms with van der Waals surface area (Å²) in [6, 6.07) is 6.24. The molecule has 0 N–H and O–H groups in total. The van der Waals surface area contributed by atoms with Crippen molar-refractivity contribution in [2.45, 2.75) is 58.1 Å². The van der Waals surface area contributed by atoms with Gasteiger partial charge in [0.1, 0.15) is 17.5 Å². The van der Waals surface area contributed by atoms with Crippen LogP contribution in [0.25, 0.3) is 11.3 Å². The highest BCUT2D eigenvalue weighted by molar-refractivity contribution is 5.90. The van der Waals surface area contributed by atoms with E-state index in [0.717, 1.165) is 35.7 Å². The molecular formula is C25H26FN3O4. The van der Waals surface area contributed by atoms with Crippen LogP contribution in [-0.4, -0.2) is 41.2 Å². The molecule has 1 aromatic carbocycles. The Hall–Kier alpha value is -3.47. The van der Waals surface area contributed by atoms with Crippen molar-refractivity contribution in [3.63, 3.8) is 0 Å². The number of amides is 1. The number of halogens is 1. The van der Waals surface area contributed by atoms with Crippen LogP contribution in [0.4, 0.5) is 9.18 Å². The molecule has 0 saturated heterocycles. The van der Waals surface area contributed by atoms with Gasteiger partial charge in [0.25, 0.3) is 0 Å². The van der Waals surface area contributed by atoms with E-state index in [-0.39, 0.29) is 22.7 Å². The number of pyridine rings is 1. The zero-order valence-electron chi connectivity index (χ0n) is 19.2. The molecule has 8 heteroatoms. The minimum absolute atomic E-state index is 0.0886. The molecule has 1 aliphatic carbocycles. The minimum atomic E-state index is -0.644. The number of rotatable bonds is 3. The number of carbonyl (C=O) groups is 2. The summed E-state index contributed by atoms with van der Waals surface area (Å²) in [6.07, 6.45) is 1.97. The van der Waals surface area contributed by atoms with Crippen LogP contribution in [0.3, 0.4) is 0 Å². The normalized spacial score (nSPS) is 15.5. The van der Waals surface area contributed by atoms with E-state index >= 15 is 4.39 Å². The van der Waals surface area contributed by atoms with E-state index in [9.17, 15) is 14.9 Å². The number of hydrogen-bond donors (Lipinski definition) is 0. The first kappa shape index (κ1) is 22.7. The van der Waals surface area contributed by atoms with Crippen LogP contribution in [0.15, 0.2) is 18.2 Å². The number of methoxy groups -OCH3 is 1. The Morgan fingerprint density at radius 2 is 1.97 bits per heavy atom. The number of nitrogens with zero attached hydrogens (tertiary/aromatic N) is 3. The summed E-state index contributed by atoms with van der Waals surface area (Å²) in [6.45, 7) is 6.16. The molecule has 7 nitrogen and oxygen atoms in total. The van der Waals surface area contributed by atoms with Gasteiger partial charge >= 0.3 is 12.1 Å². The van der Waals surface area contributed by atoms with Gasteiger partial charge in [-0.05, 0) is 69.4 Å². The zero-order chi connectivity index (χ0) is 23.9. The van der Waals surface area contributed by atoms with Crippen molar-refractivity contribution in [2.24, 2.45) is 0 Å². The van der Waals surface area contributed by atoms with Crippen molar-refractivity contribution >= 4 is 12.1 Å². The third-order valence-corrected chi connectivity index (χ3v) is 5.80. The molecule has 4 rings (SSSR count). The first-order valence-electron chi connectivity index (χ1n) is 10.9. The average Bonchev–Trinajstić information content (AvgIpc) is 3.61. The highest BCUT2D eigenvalue weighted by Crippen LogP contribution is 2.45. The second kappa shape index (κ2) is 8.47. The third-order valence-electron chi connectivity index (χ3n) is 5.80. The number of carbonyl (C=O) groups excluding carboxylic acids is 2. The summed E-state index contributed by atoms with van der Waals surface area (Å²) in [4.78, 5) is 30.8. The van der Waals surface area contributed by atoms with E-state index in [2.05, 4.69) is 10.8 Å². The van der Waals surface area contributed by atoms with Crippen molar-refractivity contribution in [1.29, 1.82) is 5.26 Å². The second-order valence-electron chi connectivity index (χ2n) is 9.40. The molecule has 2 aliphatic rings. The first-order chi connectivity index (χ1) is 15.6. The zero-order valence-corrected chi connectivity index (χ0v) is 19.2. The SMILES string of the molecule is COC(=O)c1ccc(-c2nc(C3CC3)c3c(c2C#N)CCN(C(=O)OC(C)(C)C)C3)c(F)c1. The molecular weight excluding hydrogens is 425 g/mol. The lowest BCUT2D eigenvalue weighted by Crippen LogP contribution is -2.40. The van der Waals surface area contributed by atoms with Gasteiger partial charge in [-0.15, -0.1) is 0 Å². The van der Waals surface area contributed by atoms with Gasteiger partial charge in [0.2, 0.25) is 0 Å². The predicted octanol–water partition coefficient (Wildman–Crippen LogP) is 4.72. The second-order valence-corrected chi connectivity index (χ2v) is 9.40. The lowest BCUT2D eigenvalue weighted by molar-refractivity contribution is 0.0223. The Bertz CT molecular complexity index is 1180. The number of hydrogen-bond acceptors (Lipinski definition) is 6. The Labute approximate surface area is 192 Å². The number of aromatic nitrogens is 1. The van der Waals surface area contributed by atoms with Crippen LogP contribution in [0.1, 0.15) is 72.3 Å². The molecule has 0 unspecified atom stereocenters. The summed E-state index contributed by atoms with van der Waals surface area (Å²) in [5, 5.41) is 9.99. The Morgan fingerprint density at radius 3 is 2.55 bits per heavy atom. The van der Waals surface area contributed by atoms with Crippen LogP contribution in [0.5, 0.6) is 0 Å². The largest absolute Gasteiger partial charge is 0.465 e. The average molecular weight is 451 g/mol. The number of esters is 1. The molecule has 33 heavy (non-hydrogen) atoms. The Morgan fingerprint density at radius 1 is 1.24 bits per heavy atom. The lowest BCUT2D eigenvalue weighted by Gasteiger charge is -2.33. The van der Waals surface area contributed by atoms with Crippen molar-refractivity contribution in [3.8, 4) is 17.3 Å². The van der Waals surface area contributed by atoms with Gasteiger partial charge in [-0.3, -0.25) is 4.98 Å². The Kier molecular flexibility index (Phi) is 5.83. The topological polar surface area (TPSA) is 92.5 Å². The minimum Gasteiger partial charge on any atom is -0.465 e. The maximum absolute atomic E-state index is 15.0. The quantitative estimate of drug-likeness (QED) is 0.627. The molecule has 0 atom stereocenters. The smallest absolute Gasteiger partial charge is 0.410 e. The molecule has 1 aliphatic heterocycles. The summed E-state index contributed by atoms with van der Waals surface area (Å²) in [5.74, 6) is -1.06. The molecule has 2 heterocycles. The van der Waals surface area contributed by atoms with E-state index < -0.39 is 23.5 Å².